The molecular formula is C27H28N6O. The largest absolute Gasteiger partial charge is 0.383 e. The lowest BCUT2D eigenvalue weighted by Gasteiger charge is -2.12. The second-order valence-corrected chi connectivity index (χ2v) is 8.36. The number of aryl methyl sites for hydroxylation is 3. The van der Waals surface area contributed by atoms with Gasteiger partial charge in [0.2, 0.25) is 0 Å². The molecule has 0 aliphatic rings. The van der Waals surface area contributed by atoms with Gasteiger partial charge in [-0.25, -0.2) is 4.98 Å². The van der Waals surface area contributed by atoms with Crippen LogP contribution >= 0.6 is 0 Å². The quantitative estimate of drug-likeness (QED) is 0.388. The highest BCUT2D eigenvalue weighted by Crippen LogP contribution is 2.27. The third kappa shape index (κ3) is 4.79. The lowest BCUT2D eigenvalue weighted by molar-refractivity contribution is 0.112. The van der Waals surface area contributed by atoms with Crippen molar-refractivity contribution >= 4 is 33.8 Å². The minimum atomic E-state index is 0.565. The van der Waals surface area contributed by atoms with E-state index in [-0.39, 0.29) is 0 Å². The van der Waals surface area contributed by atoms with E-state index in [1.54, 1.807) is 23.3 Å². The fraction of sp³-hybridized carbons (Fsp3) is 0.185. The van der Waals surface area contributed by atoms with E-state index in [1.807, 2.05) is 19.1 Å². The summed E-state index contributed by atoms with van der Waals surface area (Å²) >= 11 is 0. The number of nitrogen functional groups attached to an aromatic ring is 1. The molecule has 7 heteroatoms. The average molecular weight is 453 g/mol. The summed E-state index contributed by atoms with van der Waals surface area (Å²) in [6.07, 6.45) is 5.84. The minimum absolute atomic E-state index is 0.565. The smallest absolute Gasteiger partial charge is 0.153 e. The average Bonchev–Trinajstić information content (AvgIpc) is 3.28. The summed E-state index contributed by atoms with van der Waals surface area (Å²) < 4.78 is 1.75. The number of nitrogens with zero attached hydrogens (tertiary/aromatic N) is 4. The zero-order valence-electron chi connectivity index (χ0n) is 19.6. The summed E-state index contributed by atoms with van der Waals surface area (Å²) in [4.78, 5) is 19.2. The number of hydrogen-bond acceptors (Lipinski definition) is 6. The molecule has 0 radical (unpaired) electrons. The van der Waals surface area contributed by atoms with E-state index in [0.717, 1.165) is 39.2 Å². The van der Waals surface area contributed by atoms with Crippen molar-refractivity contribution in [3.63, 3.8) is 0 Å². The Kier molecular flexibility index (Phi) is 6.65. The SMILES string of the molecule is Cc1cc2c(N)nccc2c(C)c1CN.Cc1ccc2ccc(Cn3cc(C=O)cn3)cc2n1. The van der Waals surface area contributed by atoms with Crippen LogP contribution in [0.4, 0.5) is 5.82 Å². The minimum Gasteiger partial charge on any atom is -0.383 e. The van der Waals surface area contributed by atoms with Crippen LogP contribution in [-0.4, -0.2) is 26.0 Å². The molecule has 0 saturated carbocycles. The molecule has 0 amide bonds. The van der Waals surface area contributed by atoms with Crippen molar-refractivity contribution in [2.24, 2.45) is 5.73 Å². The van der Waals surface area contributed by atoms with Crippen molar-refractivity contribution in [2.45, 2.75) is 33.9 Å². The molecule has 0 aliphatic heterocycles. The monoisotopic (exact) mass is 452 g/mol. The Balaban J connectivity index is 0.000000166. The summed E-state index contributed by atoms with van der Waals surface area (Å²) in [6, 6.07) is 14.3. The summed E-state index contributed by atoms with van der Waals surface area (Å²) in [7, 11) is 0. The van der Waals surface area contributed by atoms with Gasteiger partial charge >= 0.3 is 0 Å². The number of carbonyl (C=O) groups is 1. The van der Waals surface area contributed by atoms with Crippen molar-refractivity contribution < 1.29 is 4.79 Å². The van der Waals surface area contributed by atoms with Gasteiger partial charge in [0.1, 0.15) is 5.82 Å². The normalized spacial score (nSPS) is 10.8. The Labute approximate surface area is 198 Å². The third-order valence-corrected chi connectivity index (χ3v) is 5.95. The highest BCUT2D eigenvalue weighted by atomic mass is 16.1. The Morgan fingerprint density at radius 3 is 2.56 bits per heavy atom. The summed E-state index contributed by atoms with van der Waals surface area (Å²) in [5.74, 6) is 0.585. The summed E-state index contributed by atoms with van der Waals surface area (Å²) in [5, 5.41) is 7.44. The Morgan fingerprint density at radius 1 is 1.03 bits per heavy atom. The number of fused-ring (bicyclic) bond motifs is 2. The molecule has 0 aliphatic carbocycles. The third-order valence-electron chi connectivity index (χ3n) is 5.95. The molecule has 0 fully saturated rings. The van der Waals surface area contributed by atoms with Gasteiger partial charge in [-0.2, -0.15) is 5.10 Å². The Hall–Kier alpha value is -4.10. The number of benzene rings is 2. The van der Waals surface area contributed by atoms with E-state index in [2.05, 4.69) is 59.2 Å². The number of aldehydes is 1. The molecule has 7 nitrogen and oxygen atoms in total. The van der Waals surface area contributed by atoms with Crippen LogP contribution in [0.5, 0.6) is 0 Å². The maximum absolute atomic E-state index is 10.6. The number of hydrogen-bond donors (Lipinski definition) is 2. The molecule has 0 saturated heterocycles. The van der Waals surface area contributed by atoms with Gasteiger partial charge in [-0.15, -0.1) is 0 Å². The van der Waals surface area contributed by atoms with Gasteiger partial charge in [0, 0.05) is 35.4 Å². The van der Waals surface area contributed by atoms with Crippen molar-refractivity contribution in [3.05, 3.63) is 94.6 Å². The van der Waals surface area contributed by atoms with Gasteiger partial charge in [0.25, 0.3) is 0 Å². The first-order valence-corrected chi connectivity index (χ1v) is 11.1. The van der Waals surface area contributed by atoms with Crippen LogP contribution in [-0.2, 0) is 13.1 Å². The van der Waals surface area contributed by atoms with E-state index in [0.29, 0.717) is 24.5 Å². The van der Waals surface area contributed by atoms with Crippen LogP contribution in [0.2, 0.25) is 0 Å². The highest BCUT2D eigenvalue weighted by Gasteiger charge is 2.08. The van der Waals surface area contributed by atoms with Gasteiger partial charge in [-0.05, 0) is 72.7 Å². The molecule has 0 spiro atoms. The van der Waals surface area contributed by atoms with E-state index in [9.17, 15) is 4.79 Å². The molecule has 0 unspecified atom stereocenters. The first-order chi connectivity index (χ1) is 16.4. The zero-order chi connectivity index (χ0) is 24.2. The molecule has 5 aromatic rings. The second-order valence-electron chi connectivity index (χ2n) is 8.36. The molecule has 4 N–H and O–H groups in total. The number of nitrogens with two attached hydrogens (primary N) is 2. The molecule has 0 bridgehead atoms. The summed E-state index contributed by atoms with van der Waals surface area (Å²) in [6.45, 7) is 7.32. The van der Waals surface area contributed by atoms with Gasteiger partial charge in [0.05, 0.1) is 23.8 Å². The van der Waals surface area contributed by atoms with Crippen molar-refractivity contribution in [3.8, 4) is 0 Å². The predicted octanol–water partition coefficient (Wildman–Crippen LogP) is 4.49. The number of anilines is 1. The maximum Gasteiger partial charge on any atom is 0.153 e. The maximum atomic E-state index is 10.6. The van der Waals surface area contributed by atoms with Gasteiger partial charge in [0.15, 0.2) is 6.29 Å². The Morgan fingerprint density at radius 2 is 1.82 bits per heavy atom. The second kappa shape index (κ2) is 9.80. The standard InChI is InChI=1S/C15H13N3O.C12H15N3/c1-11-2-4-14-5-3-12(6-15(14)17-11)8-18-9-13(10-19)7-16-18;1-7-5-10-9(3-4-15-12(10)14)8(2)11(7)6-13/h2-7,9-10H,8H2,1H3;3-5H,6,13H2,1-2H3,(H2,14,15). The molecule has 34 heavy (non-hydrogen) atoms. The fourth-order valence-electron chi connectivity index (χ4n) is 4.12. The number of carbonyl (C=O) groups excluding carboxylic acids is 1. The molecule has 5 rings (SSSR count). The number of aromatic nitrogens is 4. The molecule has 3 heterocycles. The van der Waals surface area contributed by atoms with E-state index >= 15 is 0 Å². The fourth-order valence-corrected chi connectivity index (χ4v) is 4.12. The van der Waals surface area contributed by atoms with E-state index < -0.39 is 0 Å². The topological polar surface area (TPSA) is 113 Å². The van der Waals surface area contributed by atoms with E-state index in [4.69, 9.17) is 11.5 Å². The van der Waals surface area contributed by atoms with Crippen LogP contribution in [0.3, 0.4) is 0 Å². The van der Waals surface area contributed by atoms with Crippen LogP contribution in [0.15, 0.2) is 61.1 Å². The molecule has 0 atom stereocenters. The van der Waals surface area contributed by atoms with Crippen LogP contribution < -0.4 is 11.5 Å². The zero-order valence-corrected chi connectivity index (χ0v) is 19.6. The van der Waals surface area contributed by atoms with Crippen molar-refractivity contribution in [1.29, 1.82) is 0 Å². The first-order valence-electron chi connectivity index (χ1n) is 11.1. The number of pyridine rings is 2. The number of rotatable bonds is 4. The van der Waals surface area contributed by atoms with Gasteiger partial charge in [-0.3, -0.25) is 14.5 Å². The summed E-state index contributed by atoms with van der Waals surface area (Å²) in [5.41, 5.74) is 18.9. The lowest BCUT2D eigenvalue weighted by atomic mass is 9.96. The molecule has 3 aromatic heterocycles. The van der Waals surface area contributed by atoms with Gasteiger partial charge < -0.3 is 11.5 Å². The Bertz CT molecular complexity index is 1490. The molecule has 172 valence electrons. The van der Waals surface area contributed by atoms with E-state index in [1.165, 1.54) is 16.7 Å². The van der Waals surface area contributed by atoms with Crippen molar-refractivity contribution in [2.75, 3.05) is 5.73 Å². The van der Waals surface area contributed by atoms with Crippen LogP contribution in [0.1, 0.15) is 38.3 Å². The molecule has 2 aromatic carbocycles. The first kappa shape index (κ1) is 23.1. The van der Waals surface area contributed by atoms with Crippen molar-refractivity contribution in [1.82, 2.24) is 19.7 Å². The van der Waals surface area contributed by atoms with Crippen LogP contribution in [0, 0.1) is 20.8 Å². The lowest BCUT2D eigenvalue weighted by Crippen LogP contribution is -2.03. The highest BCUT2D eigenvalue weighted by molar-refractivity contribution is 5.94. The van der Waals surface area contributed by atoms with Gasteiger partial charge in [-0.1, -0.05) is 18.2 Å². The predicted molar refractivity (Wildman–Crippen MR) is 137 cm³/mol. The van der Waals surface area contributed by atoms with Crippen LogP contribution in [0.25, 0.3) is 21.7 Å². The molecular weight excluding hydrogens is 424 g/mol.